The van der Waals surface area contributed by atoms with Crippen LogP contribution in [0.1, 0.15) is 40.5 Å². The van der Waals surface area contributed by atoms with Gasteiger partial charge in [0.15, 0.2) is 0 Å². The Labute approximate surface area is 109 Å². The van der Waals surface area contributed by atoms with Crippen LogP contribution in [0.2, 0.25) is 0 Å². The van der Waals surface area contributed by atoms with E-state index in [0.717, 1.165) is 12.8 Å². The summed E-state index contributed by atoms with van der Waals surface area (Å²) in [5.74, 6) is -0.924. The fourth-order valence-electron chi connectivity index (χ4n) is 1.69. The minimum absolute atomic E-state index is 0.00170. The van der Waals surface area contributed by atoms with Gasteiger partial charge in [-0.1, -0.05) is 40.5 Å². The van der Waals surface area contributed by atoms with Crippen LogP contribution in [0.25, 0.3) is 0 Å². The van der Waals surface area contributed by atoms with Gasteiger partial charge in [-0.25, -0.2) is 4.79 Å². The van der Waals surface area contributed by atoms with E-state index in [4.69, 9.17) is 5.11 Å². The third-order valence-electron chi connectivity index (χ3n) is 3.31. The maximum absolute atomic E-state index is 11.5. The molecule has 0 rings (SSSR count). The predicted molar refractivity (Wildman–Crippen MR) is 71.4 cm³/mol. The van der Waals surface area contributed by atoms with Gasteiger partial charge in [-0.15, -0.1) is 0 Å². The smallest absolute Gasteiger partial charge is 0.314 e. The van der Waals surface area contributed by atoms with E-state index in [1.807, 2.05) is 13.8 Å². The van der Waals surface area contributed by atoms with Gasteiger partial charge in [0.05, 0.1) is 5.92 Å². The molecule has 0 fully saturated rings. The fourth-order valence-corrected chi connectivity index (χ4v) is 1.69. The van der Waals surface area contributed by atoms with E-state index in [1.165, 1.54) is 0 Å². The molecule has 0 aliphatic rings. The van der Waals surface area contributed by atoms with Crippen molar-refractivity contribution in [3.63, 3.8) is 0 Å². The van der Waals surface area contributed by atoms with Crippen LogP contribution < -0.4 is 10.6 Å². The lowest BCUT2D eigenvalue weighted by Gasteiger charge is -2.18. The number of urea groups is 1. The highest BCUT2D eigenvalue weighted by Crippen LogP contribution is 2.09. The lowest BCUT2D eigenvalue weighted by molar-refractivity contribution is -0.142. The number of carboxylic acids is 1. The first-order valence-electron chi connectivity index (χ1n) is 6.66. The Morgan fingerprint density at radius 1 is 1.06 bits per heavy atom. The Morgan fingerprint density at radius 3 is 1.94 bits per heavy atom. The number of hydrogen-bond donors (Lipinski definition) is 3. The van der Waals surface area contributed by atoms with Gasteiger partial charge in [-0.3, -0.25) is 4.79 Å². The summed E-state index contributed by atoms with van der Waals surface area (Å²) in [5, 5.41) is 14.4. The number of hydrogen-bond acceptors (Lipinski definition) is 2. The second-order valence-corrected chi connectivity index (χ2v) is 4.96. The molecule has 2 amide bonds. The summed E-state index contributed by atoms with van der Waals surface area (Å²) in [7, 11) is 0. The normalized spacial score (nSPS) is 12.6. The van der Waals surface area contributed by atoms with E-state index in [1.54, 1.807) is 0 Å². The Hall–Kier alpha value is -1.26. The monoisotopic (exact) mass is 258 g/mol. The van der Waals surface area contributed by atoms with Crippen LogP contribution in [0.3, 0.4) is 0 Å². The summed E-state index contributed by atoms with van der Waals surface area (Å²) in [4.78, 5) is 22.5. The van der Waals surface area contributed by atoms with Crippen LogP contribution in [0, 0.1) is 17.8 Å². The molecule has 0 aromatic heterocycles. The maximum Gasteiger partial charge on any atom is 0.314 e. The number of carbonyl (C=O) groups is 2. The Kier molecular flexibility index (Phi) is 8.16. The minimum Gasteiger partial charge on any atom is -0.481 e. The molecule has 0 aliphatic carbocycles. The zero-order valence-corrected chi connectivity index (χ0v) is 11.8. The molecule has 0 aromatic carbocycles. The number of rotatable bonds is 8. The van der Waals surface area contributed by atoms with Gasteiger partial charge in [0.25, 0.3) is 0 Å². The van der Waals surface area contributed by atoms with E-state index < -0.39 is 11.9 Å². The Balaban J connectivity index is 3.98. The highest BCUT2D eigenvalue weighted by atomic mass is 16.4. The molecule has 1 unspecified atom stereocenters. The van der Waals surface area contributed by atoms with Gasteiger partial charge < -0.3 is 15.7 Å². The molecule has 0 aliphatic heterocycles. The average Bonchev–Trinajstić information content (AvgIpc) is 2.29. The predicted octanol–water partition coefficient (Wildman–Crippen LogP) is 2.08. The summed E-state index contributed by atoms with van der Waals surface area (Å²) >= 11 is 0. The molecule has 0 spiro atoms. The summed E-state index contributed by atoms with van der Waals surface area (Å²) < 4.78 is 0. The summed E-state index contributed by atoms with van der Waals surface area (Å²) in [6, 6.07) is -0.284. The topological polar surface area (TPSA) is 78.4 Å². The molecular weight excluding hydrogens is 232 g/mol. The average molecular weight is 258 g/mol. The highest BCUT2D eigenvalue weighted by molar-refractivity contribution is 5.75. The van der Waals surface area contributed by atoms with Crippen molar-refractivity contribution >= 4 is 12.0 Å². The lowest BCUT2D eigenvalue weighted by Crippen LogP contribution is -2.42. The molecule has 5 nitrogen and oxygen atoms in total. The second kappa shape index (κ2) is 8.78. The quantitative estimate of drug-likeness (QED) is 0.623. The van der Waals surface area contributed by atoms with Crippen molar-refractivity contribution in [3.05, 3.63) is 0 Å². The molecule has 0 saturated heterocycles. The van der Waals surface area contributed by atoms with Crippen LogP contribution in [0.15, 0.2) is 0 Å². The van der Waals surface area contributed by atoms with Crippen LogP contribution in [0.5, 0.6) is 0 Å². The fraction of sp³-hybridized carbons (Fsp3) is 0.846. The van der Waals surface area contributed by atoms with Crippen LogP contribution in [0.4, 0.5) is 4.79 Å². The molecule has 18 heavy (non-hydrogen) atoms. The van der Waals surface area contributed by atoms with Crippen molar-refractivity contribution < 1.29 is 14.7 Å². The third-order valence-corrected chi connectivity index (χ3v) is 3.31. The summed E-state index contributed by atoms with van der Waals surface area (Å²) in [6.07, 6.45) is 2.06. The second-order valence-electron chi connectivity index (χ2n) is 4.96. The summed E-state index contributed by atoms with van der Waals surface area (Å²) in [6.45, 7) is 8.66. The molecule has 5 heteroatoms. The maximum atomic E-state index is 11.5. The van der Waals surface area contributed by atoms with Gasteiger partial charge in [0, 0.05) is 13.1 Å². The van der Waals surface area contributed by atoms with Crippen LogP contribution in [-0.4, -0.2) is 30.2 Å². The van der Waals surface area contributed by atoms with E-state index >= 15 is 0 Å². The van der Waals surface area contributed by atoms with E-state index in [2.05, 4.69) is 24.5 Å². The van der Waals surface area contributed by atoms with Crippen molar-refractivity contribution in [2.45, 2.75) is 40.5 Å². The van der Waals surface area contributed by atoms with Crippen molar-refractivity contribution in [1.29, 1.82) is 0 Å². The third kappa shape index (κ3) is 6.47. The lowest BCUT2D eigenvalue weighted by atomic mass is 9.96. The zero-order chi connectivity index (χ0) is 14.1. The van der Waals surface area contributed by atoms with E-state index in [0.29, 0.717) is 12.5 Å². The first-order chi connectivity index (χ1) is 8.42. The van der Waals surface area contributed by atoms with Gasteiger partial charge >= 0.3 is 12.0 Å². The van der Waals surface area contributed by atoms with Crippen molar-refractivity contribution in [2.75, 3.05) is 13.1 Å². The van der Waals surface area contributed by atoms with Crippen LogP contribution in [-0.2, 0) is 4.79 Å². The van der Waals surface area contributed by atoms with Crippen molar-refractivity contribution in [1.82, 2.24) is 10.6 Å². The summed E-state index contributed by atoms with van der Waals surface area (Å²) in [5.41, 5.74) is 0. The largest absolute Gasteiger partial charge is 0.481 e. The molecule has 0 saturated carbocycles. The number of amides is 2. The van der Waals surface area contributed by atoms with Gasteiger partial charge in [0.2, 0.25) is 0 Å². The van der Waals surface area contributed by atoms with E-state index in [-0.39, 0.29) is 18.5 Å². The molecule has 0 heterocycles. The van der Waals surface area contributed by atoms with Crippen molar-refractivity contribution in [2.24, 2.45) is 17.8 Å². The number of carbonyl (C=O) groups excluding carboxylic acids is 1. The Bertz CT molecular complexity index is 263. The number of nitrogens with one attached hydrogen (secondary N) is 2. The Morgan fingerprint density at radius 2 is 1.56 bits per heavy atom. The zero-order valence-electron chi connectivity index (χ0n) is 11.8. The van der Waals surface area contributed by atoms with Gasteiger partial charge in [0.1, 0.15) is 0 Å². The van der Waals surface area contributed by atoms with E-state index in [9.17, 15) is 9.59 Å². The highest BCUT2D eigenvalue weighted by Gasteiger charge is 2.21. The standard InChI is InChI=1S/C13H26N2O3/c1-5-10(6-2)7-14-13(18)15-8-11(9(3)4)12(16)17/h9-11H,5-8H2,1-4H3,(H,16,17)(H2,14,15,18). The molecular formula is C13H26N2O3. The molecule has 0 bridgehead atoms. The first-order valence-corrected chi connectivity index (χ1v) is 6.66. The molecule has 106 valence electrons. The molecule has 0 radical (unpaired) electrons. The number of carboxylic acid groups (broad SMARTS) is 1. The number of aliphatic carboxylic acids is 1. The van der Waals surface area contributed by atoms with Crippen LogP contribution >= 0.6 is 0 Å². The van der Waals surface area contributed by atoms with Crippen molar-refractivity contribution in [3.8, 4) is 0 Å². The SMILES string of the molecule is CCC(CC)CNC(=O)NCC(C(=O)O)C(C)C. The van der Waals surface area contributed by atoms with Gasteiger partial charge in [-0.05, 0) is 11.8 Å². The first kappa shape index (κ1) is 16.7. The van der Waals surface area contributed by atoms with Gasteiger partial charge in [-0.2, -0.15) is 0 Å². The minimum atomic E-state index is -0.870. The molecule has 0 aromatic rings. The molecule has 1 atom stereocenters. The molecule has 3 N–H and O–H groups in total.